The van der Waals surface area contributed by atoms with Crippen LogP contribution in [0.25, 0.3) is 0 Å². The van der Waals surface area contributed by atoms with E-state index in [9.17, 15) is 14.0 Å². The number of halogens is 1. The molecule has 1 aliphatic carbocycles. The third-order valence-corrected chi connectivity index (χ3v) is 3.65. The fraction of sp³-hybridized carbons (Fsp3) is 0.467. The van der Waals surface area contributed by atoms with Crippen LogP contribution in [0, 0.1) is 5.82 Å². The highest BCUT2D eigenvalue weighted by Crippen LogP contribution is 2.19. The highest BCUT2D eigenvalue weighted by atomic mass is 19.1. The van der Waals surface area contributed by atoms with E-state index in [4.69, 9.17) is 5.11 Å². The van der Waals surface area contributed by atoms with Gasteiger partial charge in [-0.15, -0.1) is 0 Å². The number of carboxylic acid groups (broad SMARTS) is 1. The molecule has 2 rings (SSSR count). The lowest BCUT2D eigenvalue weighted by Gasteiger charge is -2.17. The predicted molar refractivity (Wildman–Crippen MR) is 77.0 cm³/mol. The van der Waals surface area contributed by atoms with Gasteiger partial charge in [0.15, 0.2) is 0 Å². The largest absolute Gasteiger partial charge is 0.478 e. The van der Waals surface area contributed by atoms with Gasteiger partial charge in [0.2, 0.25) is 0 Å². The Labute approximate surface area is 122 Å². The number of rotatable bonds is 3. The molecule has 6 heteroatoms. The maximum absolute atomic E-state index is 13.6. The van der Waals surface area contributed by atoms with Gasteiger partial charge in [-0.1, -0.05) is 25.7 Å². The van der Waals surface area contributed by atoms with E-state index in [0.717, 1.165) is 43.9 Å². The Kier molecular flexibility index (Phi) is 5.14. The van der Waals surface area contributed by atoms with Crippen molar-refractivity contribution in [3.63, 3.8) is 0 Å². The molecule has 0 spiro atoms. The lowest BCUT2D eigenvalue weighted by Crippen LogP contribution is -2.37. The predicted octanol–water partition coefficient (Wildman–Crippen LogP) is 3.37. The Morgan fingerprint density at radius 1 is 1.14 bits per heavy atom. The minimum Gasteiger partial charge on any atom is -0.478 e. The van der Waals surface area contributed by atoms with Crippen LogP contribution in [0.4, 0.5) is 14.9 Å². The number of carboxylic acids is 1. The molecule has 0 bridgehead atoms. The number of anilines is 1. The van der Waals surface area contributed by atoms with Crippen LogP contribution in [0.5, 0.6) is 0 Å². The third-order valence-electron chi connectivity index (χ3n) is 3.65. The minimum absolute atomic E-state index is 0.0684. The quantitative estimate of drug-likeness (QED) is 0.748. The first-order chi connectivity index (χ1) is 10.1. The van der Waals surface area contributed by atoms with Crippen molar-refractivity contribution in [2.24, 2.45) is 0 Å². The molecule has 5 nitrogen and oxygen atoms in total. The molecule has 114 valence electrons. The van der Waals surface area contributed by atoms with Crippen molar-refractivity contribution >= 4 is 17.7 Å². The van der Waals surface area contributed by atoms with Crippen LogP contribution in [0.3, 0.4) is 0 Å². The lowest BCUT2D eigenvalue weighted by atomic mass is 10.1. The van der Waals surface area contributed by atoms with Crippen LogP contribution in [0.15, 0.2) is 18.2 Å². The average Bonchev–Trinajstić information content (AvgIpc) is 2.69. The van der Waals surface area contributed by atoms with Crippen molar-refractivity contribution in [3.05, 3.63) is 29.6 Å². The van der Waals surface area contributed by atoms with Crippen LogP contribution in [-0.4, -0.2) is 23.1 Å². The Morgan fingerprint density at radius 3 is 2.43 bits per heavy atom. The second kappa shape index (κ2) is 7.06. The van der Waals surface area contributed by atoms with E-state index in [-0.39, 0.29) is 17.3 Å². The first kappa shape index (κ1) is 15.3. The maximum atomic E-state index is 13.6. The molecule has 1 aromatic carbocycles. The molecule has 0 radical (unpaired) electrons. The fourth-order valence-electron chi connectivity index (χ4n) is 2.52. The van der Waals surface area contributed by atoms with Crippen molar-refractivity contribution in [2.75, 3.05) is 5.32 Å². The molecular formula is C15H19FN2O3. The molecule has 1 saturated carbocycles. The molecule has 1 fully saturated rings. The summed E-state index contributed by atoms with van der Waals surface area (Å²) in [6, 6.07) is 2.91. The SMILES string of the molecule is O=C(Nc1cc(C(=O)O)ccc1F)NC1CCCCCC1. The maximum Gasteiger partial charge on any atom is 0.335 e. The first-order valence-electron chi connectivity index (χ1n) is 7.16. The number of hydrogen-bond acceptors (Lipinski definition) is 2. The van der Waals surface area contributed by atoms with E-state index in [0.29, 0.717) is 0 Å². The number of aromatic carboxylic acids is 1. The number of amides is 2. The van der Waals surface area contributed by atoms with Gasteiger partial charge in [-0.05, 0) is 31.0 Å². The van der Waals surface area contributed by atoms with Crippen molar-refractivity contribution in [3.8, 4) is 0 Å². The molecule has 21 heavy (non-hydrogen) atoms. The zero-order valence-electron chi connectivity index (χ0n) is 11.7. The van der Waals surface area contributed by atoms with E-state index < -0.39 is 17.8 Å². The van der Waals surface area contributed by atoms with E-state index >= 15 is 0 Å². The smallest absolute Gasteiger partial charge is 0.335 e. The minimum atomic E-state index is -1.16. The summed E-state index contributed by atoms with van der Waals surface area (Å²) in [6.45, 7) is 0. The van der Waals surface area contributed by atoms with Crippen molar-refractivity contribution < 1.29 is 19.1 Å². The van der Waals surface area contributed by atoms with Crippen LogP contribution in [-0.2, 0) is 0 Å². The van der Waals surface area contributed by atoms with Crippen molar-refractivity contribution in [2.45, 2.75) is 44.6 Å². The summed E-state index contributed by atoms with van der Waals surface area (Å²) >= 11 is 0. The number of carbonyl (C=O) groups is 2. The molecular weight excluding hydrogens is 275 g/mol. The zero-order chi connectivity index (χ0) is 15.2. The summed E-state index contributed by atoms with van der Waals surface area (Å²) in [5.41, 5.74) is -0.192. The van der Waals surface area contributed by atoms with Crippen LogP contribution >= 0.6 is 0 Å². The molecule has 1 aliphatic rings. The molecule has 0 aromatic heterocycles. The highest BCUT2D eigenvalue weighted by Gasteiger charge is 2.16. The van der Waals surface area contributed by atoms with Gasteiger partial charge in [-0.3, -0.25) is 0 Å². The Bertz CT molecular complexity index is 526. The summed E-state index contributed by atoms with van der Waals surface area (Å²) in [5, 5.41) is 14.1. The number of nitrogens with one attached hydrogen (secondary N) is 2. The fourth-order valence-corrected chi connectivity index (χ4v) is 2.52. The molecule has 2 amide bonds. The van der Waals surface area contributed by atoms with Gasteiger partial charge >= 0.3 is 12.0 Å². The first-order valence-corrected chi connectivity index (χ1v) is 7.16. The second-order valence-corrected chi connectivity index (χ2v) is 5.29. The monoisotopic (exact) mass is 294 g/mol. The van der Waals surface area contributed by atoms with E-state index in [2.05, 4.69) is 10.6 Å². The molecule has 0 atom stereocenters. The Hall–Kier alpha value is -2.11. The van der Waals surface area contributed by atoms with Gasteiger partial charge < -0.3 is 15.7 Å². The van der Waals surface area contributed by atoms with Gasteiger partial charge in [0.1, 0.15) is 5.82 Å². The Balaban J connectivity index is 1.98. The summed E-state index contributed by atoms with van der Waals surface area (Å²) in [4.78, 5) is 22.7. The van der Waals surface area contributed by atoms with Gasteiger partial charge in [0.05, 0.1) is 11.3 Å². The Morgan fingerprint density at radius 2 is 1.81 bits per heavy atom. The molecule has 3 N–H and O–H groups in total. The summed E-state index contributed by atoms with van der Waals surface area (Å²) < 4.78 is 13.6. The number of carbonyl (C=O) groups excluding carboxylic acids is 1. The van der Waals surface area contributed by atoms with E-state index in [1.807, 2.05) is 0 Å². The van der Waals surface area contributed by atoms with Gasteiger partial charge in [0.25, 0.3) is 0 Å². The average molecular weight is 294 g/mol. The van der Waals surface area contributed by atoms with E-state index in [1.165, 1.54) is 12.8 Å². The summed E-state index contributed by atoms with van der Waals surface area (Å²) in [5.74, 6) is -1.82. The summed E-state index contributed by atoms with van der Waals surface area (Å²) in [7, 11) is 0. The molecule has 0 aliphatic heterocycles. The highest BCUT2D eigenvalue weighted by molar-refractivity contribution is 5.93. The summed E-state index contributed by atoms with van der Waals surface area (Å²) in [6.07, 6.45) is 6.35. The van der Waals surface area contributed by atoms with Crippen molar-refractivity contribution in [1.29, 1.82) is 0 Å². The van der Waals surface area contributed by atoms with Gasteiger partial charge in [0, 0.05) is 6.04 Å². The van der Waals surface area contributed by atoms with Crippen LogP contribution in [0.1, 0.15) is 48.9 Å². The van der Waals surface area contributed by atoms with Gasteiger partial charge in [-0.25, -0.2) is 14.0 Å². The van der Waals surface area contributed by atoms with Crippen molar-refractivity contribution in [1.82, 2.24) is 5.32 Å². The molecule has 0 heterocycles. The van der Waals surface area contributed by atoms with E-state index in [1.54, 1.807) is 0 Å². The van der Waals surface area contributed by atoms with Crippen LogP contribution in [0.2, 0.25) is 0 Å². The number of urea groups is 1. The molecule has 0 unspecified atom stereocenters. The molecule has 0 saturated heterocycles. The third kappa shape index (κ3) is 4.44. The normalized spacial score (nSPS) is 16.0. The standard InChI is InChI=1S/C15H19FN2O3/c16-12-8-7-10(14(19)20)9-13(12)18-15(21)17-11-5-3-1-2-4-6-11/h7-9,11H,1-6H2,(H,19,20)(H2,17,18,21). The molecule has 1 aromatic rings. The second-order valence-electron chi connectivity index (χ2n) is 5.29. The zero-order valence-corrected chi connectivity index (χ0v) is 11.7. The number of benzene rings is 1. The van der Waals surface area contributed by atoms with Gasteiger partial charge in [-0.2, -0.15) is 0 Å². The topological polar surface area (TPSA) is 78.4 Å². The number of hydrogen-bond donors (Lipinski definition) is 3. The van der Waals surface area contributed by atoms with Crippen LogP contribution < -0.4 is 10.6 Å². The lowest BCUT2D eigenvalue weighted by molar-refractivity contribution is 0.0697.